The fraction of sp³-hybridized carbons (Fsp3) is 0. The van der Waals surface area contributed by atoms with Crippen LogP contribution in [0.5, 0.6) is 0 Å². The number of carbonyl (C=O) groups excluding carboxylic acids is 2. The lowest BCUT2D eigenvalue weighted by Crippen LogP contribution is -2.15. The van der Waals surface area contributed by atoms with E-state index in [9.17, 15) is 9.59 Å². The summed E-state index contributed by atoms with van der Waals surface area (Å²) in [5.41, 5.74) is 2.08. The van der Waals surface area contributed by atoms with E-state index in [4.69, 9.17) is 11.6 Å². The highest BCUT2D eigenvalue weighted by Crippen LogP contribution is 2.17. The summed E-state index contributed by atoms with van der Waals surface area (Å²) in [5.74, 6) is -0.583. The molecule has 5 heteroatoms. The first-order chi connectivity index (χ1) is 12.1. The Morgan fingerprint density at radius 3 is 1.84 bits per heavy atom. The molecule has 0 fully saturated rings. The standard InChI is InChI=1S/C20H15ClN2O2/c21-16-8-5-11-18(13-16)23-20(25)15-7-4-6-14(12-15)19(24)22-17-9-2-1-3-10-17/h1-13H,(H,22,24)(H,23,25). The van der Waals surface area contributed by atoms with Gasteiger partial charge in [-0.25, -0.2) is 0 Å². The van der Waals surface area contributed by atoms with Gasteiger partial charge in [-0.05, 0) is 48.5 Å². The van der Waals surface area contributed by atoms with Crippen LogP contribution in [-0.2, 0) is 0 Å². The SMILES string of the molecule is O=C(Nc1ccccc1)c1cccc(C(=O)Nc2cccc(Cl)c2)c1. The van der Waals surface area contributed by atoms with Gasteiger partial charge in [0, 0.05) is 27.5 Å². The predicted octanol–water partition coefficient (Wildman–Crippen LogP) is 4.84. The molecule has 0 atom stereocenters. The van der Waals surface area contributed by atoms with Crippen molar-refractivity contribution in [3.8, 4) is 0 Å². The summed E-state index contributed by atoms with van der Waals surface area (Å²) in [6, 6.07) is 22.6. The van der Waals surface area contributed by atoms with E-state index in [-0.39, 0.29) is 11.8 Å². The van der Waals surface area contributed by atoms with E-state index < -0.39 is 0 Å². The number of carbonyl (C=O) groups is 2. The van der Waals surface area contributed by atoms with Gasteiger partial charge in [0.1, 0.15) is 0 Å². The maximum absolute atomic E-state index is 12.4. The number of para-hydroxylation sites is 1. The van der Waals surface area contributed by atoms with Gasteiger partial charge in [-0.1, -0.05) is 41.9 Å². The van der Waals surface area contributed by atoms with Crippen molar-refractivity contribution in [2.75, 3.05) is 10.6 Å². The first kappa shape index (κ1) is 16.7. The van der Waals surface area contributed by atoms with E-state index in [1.807, 2.05) is 18.2 Å². The number of anilines is 2. The smallest absolute Gasteiger partial charge is 0.255 e. The number of hydrogen-bond acceptors (Lipinski definition) is 2. The average molecular weight is 351 g/mol. The van der Waals surface area contributed by atoms with Gasteiger partial charge in [0.25, 0.3) is 11.8 Å². The molecule has 0 spiro atoms. The molecule has 0 saturated heterocycles. The van der Waals surface area contributed by atoms with Crippen molar-refractivity contribution in [2.24, 2.45) is 0 Å². The van der Waals surface area contributed by atoms with Gasteiger partial charge < -0.3 is 10.6 Å². The Bertz CT molecular complexity index is 910. The Balaban J connectivity index is 1.74. The zero-order chi connectivity index (χ0) is 17.6. The zero-order valence-electron chi connectivity index (χ0n) is 13.2. The van der Waals surface area contributed by atoms with E-state index in [1.165, 1.54) is 0 Å². The van der Waals surface area contributed by atoms with Crippen LogP contribution in [-0.4, -0.2) is 11.8 Å². The second-order valence-corrected chi connectivity index (χ2v) is 5.80. The maximum atomic E-state index is 12.4. The highest BCUT2D eigenvalue weighted by atomic mass is 35.5. The predicted molar refractivity (Wildman–Crippen MR) is 100 cm³/mol. The summed E-state index contributed by atoms with van der Waals surface area (Å²) in [7, 11) is 0. The Labute approximate surface area is 150 Å². The van der Waals surface area contributed by atoms with Gasteiger partial charge in [-0.3, -0.25) is 9.59 Å². The van der Waals surface area contributed by atoms with Crippen LogP contribution in [0.1, 0.15) is 20.7 Å². The minimum absolute atomic E-state index is 0.274. The monoisotopic (exact) mass is 350 g/mol. The largest absolute Gasteiger partial charge is 0.322 e. The van der Waals surface area contributed by atoms with Crippen molar-refractivity contribution in [1.29, 1.82) is 0 Å². The van der Waals surface area contributed by atoms with Crippen LogP contribution in [0.3, 0.4) is 0 Å². The van der Waals surface area contributed by atoms with Crippen molar-refractivity contribution in [1.82, 2.24) is 0 Å². The Kier molecular flexibility index (Phi) is 5.11. The lowest BCUT2D eigenvalue weighted by atomic mass is 10.1. The van der Waals surface area contributed by atoms with Crippen LogP contribution >= 0.6 is 11.6 Å². The molecule has 0 bridgehead atoms. The van der Waals surface area contributed by atoms with E-state index in [0.29, 0.717) is 27.5 Å². The molecule has 2 amide bonds. The molecule has 0 aliphatic heterocycles. The molecule has 0 unspecified atom stereocenters. The van der Waals surface area contributed by atoms with Gasteiger partial charge in [0.15, 0.2) is 0 Å². The molecule has 3 rings (SSSR count). The number of hydrogen-bond donors (Lipinski definition) is 2. The summed E-state index contributed by atoms with van der Waals surface area (Å²) in [5, 5.41) is 6.09. The third-order valence-corrected chi connectivity index (χ3v) is 3.74. The van der Waals surface area contributed by atoms with Gasteiger partial charge in [0.05, 0.1) is 0 Å². The third-order valence-electron chi connectivity index (χ3n) is 3.50. The zero-order valence-corrected chi connectivity index (χ0v) is 14.0. The lowest BCUT2D eigenvalue weighted by molar-refractivity contribution is 0.102. The van der Waals surface area contributed by atoms with E-state index in [2.05, 4.69) is 10.6 Å². The fourth-order valence-electron chi connectivity index (χ4n) is 2.30. The van der Waals surface area contributed by atoms with E-state index in [0.717, 1.165) is 0 Å². The molecule has 2 N–H and O–H groups in total. The van der Waals surface area contributed by atoms with Crippen molar-refractivity contribution in [3.63, 3.8) is 0 Å². The summed E-state index contributed by atoms with van der Waals surface area (Å²) in [6.07, 6.45) is 0. The van der Waals surface area contributed by atoms with Crippen LogP contribution in [0.4, 0.5) is 11.4 Å². The number of nitrogens with one attached hydrogen (secondary N) is 2. The fourth-order valence-corrected chi connectivity index (χ4v) is 2.49. The highest BCUT2D eigenvalue weighted by molar-refractivity contribution is 6.31. The van der Waals surface area contributed by atoms with Crippen LogP contribution < -0.4 is 10.6 Å². The van der Waals surface area contributed by atoms with E-state index in [1.54, 1.807) is 60.7 Å². The number of benzene rings is 3. The Morgan fingerprint density at radius 1 is 0.640 bits per heavy atom. The topological polar surface area (TPSA) is 58.2 Å². The molecule has 25 heavy (non-hydrogen) atoms. The molecule has 4 nitrogen and oxygen atoms in total. The van der Waals surface area contributed by atoms with Crippen molar-refractivity contribution in [2.45, 2.75) is 0 Å². The van der Waals surface area contributed by atoms with Gasteiger partial charge in [-0.15, -0.1) is 0 Å². The van der Waals surface area contributed by atoms with Crippen molar-refractivity contribution < 1.29 is 9.59 Å². The molecule has 0 heterocycles. The lowest BCUT2D eigenvalue weighted by Gasteiger charge is -2.08. The first-order valence-electron chi connectivity index (χ1n) is 7.65. The summed E-state index contributed by atoms with van der Waals surface area (Å²) in [6.45, 7) is 0. The molecule has 0 aromatic heterocycles. The molecular weight excluding hydrogens is 336 g/mol. The van der Waals surface area contributed by atoms with Gasteiger partial charge >= 0.3 is 0 Å². The highest BCUT2D eigenvalue weighted by Gasteiger charge is 2.11. The third kappa shape index (κ3) is 4.46. The second-order valence-electron chi connectivity index (χ2n) is 5.37. The minimum atomic E-state index is -0.309. The molecule has 0 radical (unpaired) electrons. The Hall–Kier alpha value is -3.11. The minimum Gasteiger partial charge on any atom is -0.322 e. The van der Waals surface area contributed by atoms with Crippen molar-refractivity contribution >= 4 is 34.8 Å². The van der Waals surface area contributed by atoms with Gasteiger partial charge in [-0.2, -0.15) is 0 Å². The molecule has 0 saturated carbocycles. The summed E-state index contributed by atoms with van der Waals surface area (Å²) >= 11 is 5.91. The molecular formula is C20H15ClN2O2. The van der Waals surface area contributed by atoms with Crippen LogP contribution in [0, 0.1) is 0 Å². The number of rotatable bonds is 4. The normalized spacial score (nSPS) is 10.1. The maximum Gasteiger partial charge on any atom is 0.255 e. The Morgan fingerprint density at radius 2 is 1.20 bits per heavy atom. The summed E-state index contributed by atoms with van der Waals surface area (Å²) < 4.78 is 0. The first-order valence-corrected chi connectivity index (χ1v) is 8.03. The average Bonchev–Trinajstić information content (AvgIpc) is 2.62. The molecule has 0 aliphatic rings. The molecule has 124 valence electrons. The van der Waals surface area contributed by atoms with E-state index >= 15 is 0 Å². The quantitative estimate of drug-likeness (QED) is 0.707. The van der Waals surface area contributed by atoms with Crippen molar-refractivity contribution in [3.05, 3.63) is 95.0 Å². The van der Waals surface area contributed by atoms with Gasteiger partial charge in [0.2, 0.25) is 0 Å². The number of halogens is 1. The van der Waals surface area contributed by atoms with Crippen LogP contribution in [0.25, 0.3) is 0 Å². The summed E-state index contributed by atoms with van der Waals surface area (Å²) in [4.78, 5) is 24.7. The second kappa shape index (κ2) is 7.64. The molecule has 0 aliphatic carbocycles. The van der Waals surface area contributed by atoms with Crippen LogP contribution in [0.2, 0.25) is 5.02 Å². The molecule has 3 aromatic rings. The molecule has 3 aromatic carbocycles. The van der Waals surface area contributed by atoms with Crippen LogP contribution in [0.15, 0.2) is 78.9 Å². The number of amides is 2.